The van der Waals surface area contributed by atoms with Crippen molar-refractivity contribution in [1.29, 1.82) is 0 Å². The van der Waals surface area contributed by atoms with Crippen LogP contribution in [-0.2, 0) is 29.4 Å². The number of phenolic OH excluding ortho intramolecular Hbond substituents is 1. The van der Waals surface area contributed by atoms with E-state index in [1.165, 1.54) is 12.1 Å². The van der Waals surface area contributed by atoms with Crippen molar-refractivity contribution in [1.82, 2.24) is 5.32 Å². The average Bonchev–Trinajstić information content (AvgIpc) is 3.09. The number of hydrogen-bond acceptors (Lipinski definition) is 9. The first kappa shape index (κ1) is 25.3. The molecule has 2 amide bonds. The van der Waals surface area contributed by atoms with Crippen LogP contribution in [0.4, 0.5) is 4.79 Å². The van der Waals surface area contributed by atoms with Gasteiger partial charge < -0.3 is 9.84 Å². The van der Waals surface area contributed by atoms with Gasteiger partial charge in [-0.1, -0.05) is 36.0 Å². The van der Waals surface area contributed by atoms with Gasteiger partial charge in [0.25, 0.3) is 5.24 Å². The van der Waals surface area contributed by atoms with Gasteiger partial charge >= 0.3 is 7.82 Å². The first-order chi connectivity index (χ1) is 15.8. The van der Waals surface area contributed by atoms with E-state index in [0.29, 0.717) is 17.7 Å². The zero-order chi connectivity index (χ0) is 23.8. The number of aromatic hydroxyl groups is 1. The fourth-order valence-electron chi connectivity index (χ4n) is 3.12. The summed E-state index contributed by atoms with van der Waals surface area (Å²) in [6, 6.07) is 13.4. The third-order valence-electron chi connectivity index (χ3n) is 4.59. The molecule has 11 heteroatoms. The van der Waals surface area contributed by atoms with Crippen molar-refractivity contribution in [2.45, 2.75) is 31.6 Å². The van der Waals surface area contributed by atoms with E-state index in [9.17, 15) is 19.3 Å². The quantitative estimate of drug-likeness (QED) is 0.407. The summed E-state index contributed by atoms with van der Waals surface area (Å²) in [6.07, 6.45) is -0.422. The third kappa shape index (κ3) is 7.31. The number of amides is 2. The fraction of sp³-hybridized carbons (Fsp3) is 0.364. The van der Waals surface area contributed by atoms with Crippen molar-refractivity contribution in [2.24, 2.45) is 0 Å². The molecule has 1 fully saturated rings. The van der Waals surface area contributed by atoms with Crippen molar-refractivity contribution in [3.8, 4) is 11.5 Å². The van der Waals surface area contributed by atoms with Gasteiger partial charge in [0.05, 0.1) is 18.5 Å². The highest BCUT2D eigenvalue weighted by atomic mass is 32.2. The smallest absolute Gasteiger partial charge is 0.475 e. The van der Waals surface area contributed by atoms with E-state index in [1.807, 2.05) is 12.1 Å². The molecular formula is C22H26NO8PS. The van der Waals surface area contributed by atoms with Gasteiger partial charge in [-0.2, -0.15) is 0 Å². The van der Waals surface area contributed by atoms with E-state index < -0.39 is 19.2 Å². The molecule has 9 nitrogen and oxygen atoms in total. The lowest BCUT2D eigenvalue weighted by Gasteiger charge is -2.24. The molecule has 178 valence electrons. The molecule has 33 heavy (non-hydrogen) atoms. The topological polar surface area (TPSA) is 120 Å². The molecule has 0 saturated carbocycles. The second-order valence-corrected chi connectivity index (χ2v) is 9.81. The van der Waals surface area contributed by atoms with Crippen LogP contribution in [-0.4, -0.2) is 41.3 Å². The number of hydrogen-bond donors (Lipinski definition) is 2. The van der Waals surface area contributed by atoms with Crippen LogP contribution in [0.15, 0.2) is 48.5 Å². The molecule has 1 aliphatic rings. The minimum absolute atomic E-state index is 0.0255. The molecule has 2 atom stereocenters. The number of carbonyl (C=O) groups is 2. The molecule has 0 bridgehead atoms. The van der Waals surface area contributed by atoms with E-state index in [2.05, 4.69) is 5.32 Å². The molecule has 0 aromatic heterocycles. The highest BCUT2D eigenvalue weighted by Gasteiger charge is 2.32. The molecule has 2 aromatic carbocycles. The maximum Gasteiger partial charge on any atom is 0.475 e. The number of rotatable bonds is 12. The van der Waals surface area contributed by atoms with E-state index in [4.69, 9.17) is 18.3 Å². The molecule has 2 unspecified atom stereocenters. The van der Waals surface area contributed by atoms with Crippen LogP contribution in [0.5, 0.6) is 11.5 Å². The Bertz CT molecular complexity index is 1010. The van der Waals surface area contributed by atoms with Crippen LogP contribution < -0.4 is 10.1 Å². The molecule has 1 heterocycles. The van der Waals surface area contributed by atoms with Crippen LogP contribution in [0.3, 0.4) is 0 Å². The van der Waals surface area contributed by atoms with E-state index in [0.717, 1.165) is 17.3 Å². The maximum atomic E-state index is 12.9. The number of benzene rings is 2. The standard InChI is InChI=1S/C22H26NO8PS/c1-3-29-32(27,30-4-2)31-19(16-6-5-7-17(24)13-16)14-28-18-10-8-15(9-11-18)12-20-21(25)23-22(26)33-20/h5-11,13,19-20,24H,3-4,12,14H2,1-2H3,(H,23,25,26). The van der Waals surface area contributed by atoms with Gasteiger partial charge in [0, 0.05) is 0 Å². The summed E-state index contributed by atoms with van der Waals surface area (Å²) in [7, 11) is -3.84. The second-order valence-electron chi connectivity index (χ2n) is 7.01. The zero-order valence-corrected chi connectivity index (χ0v) is 20.0. The van der Waals surface area contributed by atoms with Gasteiger partial charge in [-0.3, -0.25) is 28.5 Å². The largest absolute Gasteiger partial charge is 0.508 e. The predicted octanol–water partition coefficient (Wildman–Crippen LogP) is 4.60. The summed E-state index contributed by atoms with van der Waals surface area (Å²) in [4.78, 5) is 23.1. The number of imide groups is 1. The van der Waals surface area contributed by atoms with Crippen LogP contribution in [0.25, 0.3) is 0 Å². The highest BCUT2D eigenvalue weighted by Crippen LogP contribution is 2.53. The lowest BCUT2D eigenvalue weighted by atomic mass is 10.1. The number of phosphoric ester groups is 1. The first-order valence-electron chi connectivity index (χ1n) is 10.4. The fourth-order valence-corrected chi connectivity index (χ4v) is 5.30. The van der Waals surface area contributed by atoms with Crippen molar-refractivity contribution in [3.63, 3.8) is 0 Å². The van der Waals surface area contributed by atoms with Gasteiger partial charge in [-0.25, -0.2) is 4.57 Å². The molecule has 3 rings (SSSR count). The Balaban J connectivity index is 1.69. The highest BCUT2D eigenvalue weighted by molar-refractivity contribution is 8.15. The summed E-state index contributed by atoms with van der Waals surface area (Å²) in [5.41, 5.74) is 1.42. The minimum Gasteiger partial charge on any atom is -0.508 e. The number of carbonyl (C=O) groups excluding carboxylic acids is 2. The Kier molecular flexibility index (Phi) is 8.94. The predicted molar refractivity (Wildman–Crippen MR) is 123 cm³/mol. The Morgan fingerprint density at radius 1 is 1.09 bits per heavy atom. The SMILES string of the molecule is CCOP(=O)(OCC)OC(COc1ccc(CC2SC(=O)NC2=O)cc1)c1cccc(O)c1. The first-order valence-corrected chi connectivity index (χ1v) is 12.8. The molecule has 0 aliphatic carbocycles. The third-order valence-corrected chi connectivity index (χ3v) is 7.23. The van der Waals surface area contributed by atoms with Crippen LogP contribution in [0.2, 0.25) is 0 Å². The van der Waals surface area contributed by atoms with Gasteiger partial charge in [0.15, 0.2) is 0 Å². The van der Waals surface area contributed by atoms with Crippen LogP contribution in [0.1, 0.15) is 31.1 Å². The zero-order valence-electron chi connectivity index (χ0n) is 18.3. The van der Waals surface area contributed by atoms with E-state index in [-0.39, 0.29) is 36.7 Å². The number of phosphoric acid groups is 1. The number of nitrogens with one attached hydrogen (secondary N) is 1. The van der Waals surface area contributed by atoms with E-state index >= 15 is 0 Å². The van der Waals surface area contributed by atoms with Crippen LogP contribution in [0, 0.1) is 0 Å². The molecule has 1 aliphatic heterocycles. The van der Waals surface area contributed by atoms with Gasteiger partial charge in [0.1, 0.15) is 24.2 Å². The van der Waals surface area contributed by atoms with Crippen molar-refractivity contribution in [2.75, 3.05) is 19.8 Å². The molecular weight excluding hydrogens is 469 g/mol. The number of phenols is 1. The monoisotopic (exact) mass is 495 g/mol. The van der Waals surface area contributed by atoms with Gasteiger partial charge in [-0.15, -0.1) is 0 Å². The Morgan fingerprint density at radius 3 is 2.36 bits per heavy atom. The maximum absolute atomic E-state index is 12.9. The molecule has 0 spiro atoms. The second kappa shape index (κ2) is 11.7. The summed E-state index contributed by atoms with van der Waals surface area (Å²) in [6.45, 7) is 3.60. The van der Waals surface area contributed by atoms with Crippen molar-refractivity contribution >= 4 is 30.7 Å². The number of thioether (sulfide) groups is 1. The number of ether oxygens (including phenoxy) is 1. The normalized spacial score (nSPS) is 17.1. The van der Waals surface area contributed by atoms with Crippen molar-refractivity contribution in [3.05, 3.63) is 59.7 Å². The lowest BCUT2D eigenvalue weighted by molar-refractivity contribution is -0.118. The summed E-state index contributed by atoms with van der Waals surface area (Å²) >= 11 is 0.981. The summed E-state index contributed by atoms with van der Waals surface area (Å²) in [5, 5.41) is 11.3. The van der Waals surface area contributed by atoms with Crippen molar-refractivity contribution < 1.29 is 37.6 Å². The average molecular weight is 495 g/mol. The Morgan fingerprint density at radius 2 is 1.79 bits per heavy atom. The molecule has 2 aromatic rings. The molecule has 1 saturated heterocycles. The lowest BCUT2D eigenvalue weighted by Crippen LogP contribution is -2.25. The molecule has 2 N–H and O–H groups in total. The van der Waals surface area contributed by atoms with E-state index in [1.54, 1.807) is 38.1 Å². The summed E-state index contributed by atoms with van der Waals surface area (Å²) < 4.78 is 34.9. The minimum atomic E-state index is -3.84. The summed E-state index contributed by atoms with van der Waals surface area (Å²) in [5.74, 6) is 0.264. The van der Waals surface area contributed by atoms with Gasteiger partial charge in [0.2, 0.25) is 5.91 Å². The van der Waals surface area contributed by atoms with Crippen LogP contribution >= 0.6 is 19.6 Å². The Hall–Kier alpha value is -2.36. The van der Waals surface area contributed by atoms with Gasteiger partial charge in [-0.05, 0) is 55.7 Å². The molecule has 0 radical (unpaired) electrons. The Labute approximate surface area is 196 Å².